The molecule has 0 aliphatic rings. The zero-order valence-electron chi connectivity index (χ0n) is 13.4. The van der Waals surface area contributed by atoms with Crippen molar-refractivity contribution in [2.75, 3.05) is 0 Å². The molecule has 0 radical (unpaired) electrons. The van der Waals surface area contributed by atoms with Crippen molar-refractivity contribution in [1.82, 2.24) is 0 Å². The number of aliphatic hydroxyl groups is 1. The van der Waals surface area contributed by atoms with Crippen molar-refractivity contribution in [3.63, 3.8) is 0 Å². The van der Waals surface area contributed by atoms with E-state index in [2.05, 4.69) is 26.0 Å². The van der Waals surface area contributed by atoms with E-state index in [1.807, 2.05) is 0 Å². The quantitative estimate of drug-likeness (QED) is 0.247. The molecule has 0 saturated carbocycles. The summed E-state index contributed by atoms with van der Waals surface area (Å²) in [4.78, 5) is 10.9. The number of hydrogen-bond donors (Lipinski definition) is 1. The minimum Gasteiger partial charge on any atom is -0.436 e. The molecule has 0 amide bonds. The zero-order chi connectivity index (χ0) is 15.2. The lowest BCUT2D eigenvalue weighted by atomic mass is 10.0. The average Bonchev–Trinajstić information content (AvgIpc) is 2.41. The fraction of sp³-hybridized carbons (Fsp3) is 0.824. The normalized spacial score (nSPS) is 14.4. The Hall–Kier alpha value is -0.830. The summed E-state index contributed by atoms with van der Waals surface area (Å²) in [7, 11) is 0. The van der Waals surface area contributed by atoms with Crippen molar-refractivity contribution >= 4 is 5.97 Å². The molecular weight excluding hydrogens is 252 g/mol. The predicted molar refractivity (Wildman–Crippen MR) is 83.3 cm³/mol. The van der Waals surface area contributed by atoms with Gasteiger partial charge in [-0.15, -0.1) is 0 Å². The van der Waals surface area contributed by atoms with Gasteiger partial charge in [-0.25, -0.2) is 0 Å². The second-order valence-corrected chi connectivity index (χ2v) is 5.50. The van der Waals surface area contributed by atoms with Gasteiger partial charge in [0.05, 0.1) is 0 Å². The molecule has 2 atom stereocenters. The minimum atomic E-state index is -0.913. The Morgan fingerprint density at radius 1 is 1.10 bits per heavy atom. The van der Waals surface area contributed by atoms with E-state index >= 15 is 0 Å². The summed E-state index contributed by atoms with van der Waals surface area (Å²) in [6.07, 6.45) is 12.7. The topological polar surface area (TPSA) is 46.5 Å². The van der Waals surface area contributed by atoms with Crippen LogP contribution in [0.1, 0.15) is 78.6 Å². The van der Waals surface area contributed by atoms with Crippen LogP contribution in [0, 0.1) is 5.92 Å². The maximum absolute atomic E-state index is 10.9. The summed E-state index contributed by atoms with van der Waals surface area (Å²) in [6, 6.07) is 0. The van der Waals surface area contributed by atoms with Gasteiger partial charge in [0, 0.05) is 12.8 Å². The highest BCUT2D eigenvalue weighted by Crippen LogP contribution is 2.14. The smallest absolute Gasteiger partial charge is 0.307 e. The Kier molecular flexibility index (Phi) is 12.6. The molecule has 2 unspecified atom stereocenters. The van der Waals surface area contributed by atoms with E-state index in [9.17, 15) is 9.90 Å². The van der Waals surface area contributed by atoms with Crippen LogP contribution in [0.5, 0.6) is 0 Å². The number of unbranched alkanes of at least 4 members (excludes halogenated alkanes) is 5. The molecule has 0 aliphatic carbocycles. The van der Waals surface area contributed by atoms with Gasteiger partial charge in [0.25, 0.3) is 0 Å². The Morgan fingerprint density at radius 2 is 1.65 bits per heavy atom. The van der Waals surface area contributed by atoms with Crippen LogP contribution in [0.2, 0.25) is 0 Å². The molecule has 1 N–H and O–H groups in total. The monoisotopic (exact) mass is 284 g/mol. The van der Waals surface area contributed by atoms with Crippen molar-refractivity contribution in [1.29, 1.82) is 0 Å². The molecule has 0 rings (SSSR count). The fourth-order valence-electron chi connectivity index (χ4n) is 2.21. The summed E-state index contributed by atoms with van der Waals surface area (Å²) in [5.74, 6) is 0.371. The van der Waals surface area contributed by atoms with Gasteiger partial charge in [0.2, 0.25) is 6.29 Å². The Balaban J connectivity index is 3.30. The molecule has 0 fully saturated rings. The van der Waals surface area contributed by atoms with E-state index in [0.717, 1.165) is 12.8 Å². The molecule has 3 nitrogen and oxygen atoms in total. The Labute approximate surface area is 124 Å². The SMILES string of the molecule is CC=CC(C)CCCCCCCCC(O)OC(=O)CC. The lowest BCUT2D eigenvalue weighted by Gasteiger charge is -2.11. The van der Waals surface area contributed by atoms with Crippen molar-refractivity contribution in [3.8, 4) is 0 Å². The summed E-state index contributed by atoms with van der Waals surface area (Å²) < 4.78 is 4.80. The molecule has 118 valence electrons. The van der Waals surface area contributed by atoms with E-state index < -0.39 is 6.29 Å². The van der Waals surface area contributed by atoms with E-state index in [1.165, 1.54) is 32.1 Å². The van der Waals surface area contributed by atoms with E-state index in [1.54, 1.807) is 6.92 Å². The van der Waals surface area contributed by atoms with Crippen LogP contribution < -0.4 is 0 Å². The third-order valence-corrected chi connectivity index (χ3v) is 3.44. The van der Waals surface area contributed by atoms with Crippen LogP contribution in [-0.2, 0) is 9.53 Å². The third-order valence-electron chi connectivity index (χ3n) is 3.44. The maximum Gasteiger partial charge on any atom is 0.307 e. The lowest BCUT2D eigenvalue weighted by molar-refractivity contribution is -0.168. The first kappa shape index (κ1) is 19.2. The maximum atomic E-state index is 10.9. The van der Waals surface area contributed by atoms with Gasteiger partial charge < -0.3 is 9.84 Å². The largest absolute Gasteiger partial charge is 0.436 e. The number of hydrogen-bond acceptors (Lipinski definition) is 3. The first-order chi connectivity index (χ1) is 9.60. The summed E-state index contributed by atoms with van der Waals surface area (Å²) in [5, 5.41) is 9.45. The van der Waals surface area contributed by atoms with Gasteiger partial charge >= 0.3 is 5.97 Å². The highest BCUT2D eigenvalue weighted by molar-refractivity contribution is 5.68. The highest BCUT2D eigenvalue weighted by Gasteiger charge is 2.08. The number of ether oxygens (including phenoxy) is 1. The molecule has 0 aliphatic heterocycles. The van der Waals surface area contributed by atoms with Gasteiger partial charge in [-0.1, -0.05) is 58.1 Å². The van der Waals surface area contributed by atoms with Crippen LogP contribution in [0.25, 0.3) is 0 Å². The van der Waals surface area contributed by atoms with E-state index in [-0.39, 0.29) is 5.97 Å². The number of rotatable bonds is 12. The van der Waals surface area contributed by atoms with Crippen LogP contribution in [0.3, 0.4) is 0 Å². The van der Waals surface area contributed by atoms with Crippen molar-refractivity contribution in [2.24, 2.45) is 5.92 Å². The van der Waals surface area contributed by atoms with Crippen molar-refractivity contribution in [2.45, 2.75) is 84.8 Å². The van der Waals surface area contributed by atoms with E-state index in [4.69, 9.17) is 4.74 Å². The summed E-state index contributed by atoms with van der Waals surface area (Å²) in [5.41, 5.74) is 0. The van der Waals surface area contributed by atoms with Crippen LogP contribution in [0.4, 0.5) is 0 Å². The Bertz CT molecular complexity index is 261. The predicted octanol–water partition coefficient (Wildman–Crippen LogP) is 4.59. The van der Waals surface area contributed by atoms with E-state index in [0.29, 0.717) is 18.8 Å². The van der Waals surface area contributed by atoms with Gasteiger partial charge in [0.15, 0.2) is 0 Å². The Morgan fingerprint density at radius 3 is 2.20 bits per heavy atom. The molecule has 3 heteroatoms. The van der Waals surface area contributed by atoms with Gasteiger partial charge in [-0.05, 0) is 25.7 Å². The molecule has 0 saturated heterocycles. The number of carbonyl (C=O) groups is 1. The molecule has 0 aromatic heterocycles. The average molecular weight is 284 g/mol. The number of esters is 1. The minimum absolute atomic E-state index is 0.322. The highest BCUT2D eigenvalue weighted by atomic mass is 16.6. The van der Waals surface area contributed by atoms with Crippen LogP contribution >= 0.6 is 0 Å². The van der Waals surface area contributed by atoms with Gasteiger partial charge in [-0.2, -0.15) is 0 Å². The second kappa shape index (κ2) is 13.2. The van der Waals surface area contributed by atoms with Gasteiger partial charge in [0.1, 0.15) is 0 Å². The number of aliphatic hydroxyl groups excluding tert-OH is 1. The summed E-state index contributed by atoms with van der Waals surface area (Å²) in [6.45, 7) is 6.06. The lowest BCUT2D eigenvalue weighted by Crippen LogP contribution is -2.16. The van der Waals surface area contributed by atoms with Crippen LogP contribution in [-0.4, -0.2) is 17.4 Å². The molecule has 0 bridgehead atoms. The zero-order valence-corrected chi connectivity index (χ0v) is 13.4. The first-order valence-corrected chi connectivity index (χ1v) is 8.10. The molecule has 0 aromatic carbocycles. The van der Waals surface area contributed by atoms with Crippen molar-refractivity contribution in [3.05, 3.63) is 12.2 Å². The summed E-state index contributed by atoms with van der Waals surface area (Å²) >= 11 is 0. The number of allylic oxidation sites excluding steroid dienone is 2. The number of carbonyl (C=O) groups excluding carboxylic acids is 1. The molecule has 0 aromatic rings. The molecule has 20 heavy (non-hydrogen) atoms. The second-order valence-electron chi connectivity index (χ2n) is 5.50. The molecular formula is C17H32O3. The third kappa shape index (κ3) is 12.2. The molecule has 0 spiro atoms. The molecule has 0 heterocycles. The first-order valence-electron chi connectivity index (χ1n) is 8.10. The van der Waals surface area contributed by atoms with Crippen molar-refractivity contribution < 1.29 is 14.6 Å². The fourth-order valence-corrected chi connectivity index (χ4v) is 2.21. The van der Waals surface area contributed by atoms with Crippen LogP contribution in [0.15, 0.2) is 12.2 Å². The standard InChI is InChI=1S/C17H32O3/c1-4-12-15(3)13-10-8-6-7-9-11-14-17(19)20-16(18)5-2/h4,12,15,17,19H,5-11,13-14H2,1-3H3. The van der Waals surface area contributed by atoms with Gasteiger partial charge in [-0.3, -0.25) is 4.79 Å².